The fourth-order valence-electron chi connectivity index (χ4n) is 2.26. The molecule has 0 spiro atoms. The van der Waals surface area contributed by atoms with E-state index in [-0.39, 0.29) is 11.7 Å². The lowest BCUT2D eigenvalue weighted by molar-refractivity contribution is -0.119. The van der Waals surface area contributed by atoms with Gasteiger partial charge in [-0.25, -0.2) is 4.68 Å². The molecule has 2 aromatic carbocycles. The lowest BCUT2D eigenvalue weighted by Crippen LogP contribution is -2.42. The number of fused-ring (bicyclic) bond motifs is 1. The molecule has 0 aliphatic rings. The Bertz CT molecular complexity index is 942. The van der Waals surface area contributed by atoms with E-state index >= 15 is 0 Å². The van der Waals surface area contributed by atoms with Crippen LogP contribution < -0.4 is 10.9 Å². The molecule has 2 N–H and O–H groups in total. The Morgan fingerprint density at radius 1 is 1.15 bits per heavy atom. The number of halogens is 1. The largest absolute Gasteiger partial charge is 0.272 e. The van der Waals surface area contributed by atoms with Gasteiger partial charge in [0.25, 0.3) is 5.91 Å². The lowest BCUT2D eigenvalue weighted by Gasteiger charge is -2.07. The maximum absolute atomic E-state index is 12.2. The number of carbonyl (C=O) groups is 2. The average molecular weight is 390 g/mol. The molecule has 3 rings (SSSR count). The van der Waals surface area contributed by atoms with E-state index in [4.69, 9.17) is 11.6 Å². The van der Waals surface area contributed by atoms with Gasteiger partial charge in [-0.2, -0.15) is 0 Å². The summed E-state index contributed by atoms with van der Waals surface area (Å²) in [5.74, 6) is -0.551. The third-order valence-electron chi connectivity index (χ3n) is 3.57. The lowest BCUT2D eigenvalue weighted by atomic mass is 10.2. The molecule has 0 fully saturated rings. The zero-order chi connectivity index (χ0) is 18.5. The van der Waals surface area contributed by atoms with Crippen LogP contribution in [0.25, 0.3) is 11.0 Å². The molecule has 0 aliphatic carbocycles. The molecule has 0 saturated carbocycles. The summed E-state index contributed by atoms with van der Waals surface area (Å²) >= 11 is 7.17. The summed E-state index contributed by atoms with van der Waals surface area (Å²) in [6, 6.07) is 12.3. The van der Waals surface area contributed by atoms with Crippen LogP contribution in [0.5, 0.6) is 0 Å². The van der Waals surface area contributed by atoms with Crippen molar-refractivity contribution in [2.75, 3.05) is 5.75 Å². The van der Waals surface area contributed by atoms with Crippen molar-refractivity contribution in [3.63, 3.8) is 0 Å². The Morgan fingerprint density at radius 2 is 1.92 bits per heavy atom. The number of aryl methyl sites for hydroxylation is 1. The summed E-state index contributed by atoms with van der Waals surface area (Å²) < 4.78 is 1.74. The highest BCUT2D eigenvalue weighted by atomic mass is 35.5. The van der Waals surface area contributed by atoms with Gasteiger partial charge in [-0.15, -0.1) is 16.9 Å². The van der Waals surface area contributed by atoms with Gasteiger partial charge < -0.3 is 0 Å². The monoisotopic (exact) mass is 389 g/mol. The number of aromatic nitrogens is 3. The molecule has 0 aliphatic heterocycles. The van der Waals surface area contributed by atoms with Gasteiger partial charge in [0, 0.05) is 22.0 Å². The minimum atomic E-state index is -0.414. The van der Waals surface area contributed by atoms with Crippen LogP contribution >= 0.6 is 23.4 Å². The van der Waals surface area contributed by atoms with Gasteiger partial charge in [0.05, 0.1) is 11.3 Å². The van der Waals surface area contributed by atoms with E-state index in [2.05, 4.69) is 21.2 Å². The smallest absolute Gasteiger partial charge is 0.269 e. The summed E-state index contributed by atoms with van der Waals surface area (Å²) in [5.41, 5.74) is 6.68. The van der Waals surface area contributed by atoms with E-state index in [1.54, 1.807) is 35.0 Å². The normalized spacial score (nSPS) is 10.7. The Kier molecular flexibility index (Phi) is 5.75. The van der Waals surface area contributed by atoms with Gasteiger partial charge in [0.15, 0.2) is 0 Å². The summed E-state index contributed by atoms with van der Waals surface area (Å²) in [5, 5.41) is 8.67. The fourth-order valence-corrected chi connectivity index (χ4v) is 3.09. The highest BCUT2D eigenvalue weighted by Gasteiger charge is 2.11. The molecule has 134 valence electrons. The first kappa shape index (κ1) is 18.2. The highest BCUT2D eigenvalue weighted by Crippen LogP contribution is 2.19. The van der Waals surface area contributed by atoms with E-state index in [9.17, 15) is 9.59 Å². The number of hydrazine groups is 1. The summed E-state index contributed by atoms with van der Waals surface area (Å²) in [4.78, 5) is 25.0. The molecule has 3 aromatic rings. The Hall–Kier alpha value is -2.58. The molecule has 1 heterocycles. The fraction of sp³-hybridized carbons (Fsp3) is 0.176. The number of hydrogen-bond donors (Lipinski definition) is 2. The van der Waals surface area contributed by atoms with Crippen molar-refractivity contribution >= 4 is 46.2 Å². The van der Waals surface area contributed by atoms with Crippen LogP contribution in [0, 0.1) is 0 Å². The Morgan fingerprint density at radius 3 is 2.65 bits per heavy atom. The average Bonchev–Trinajstić information content (AvgIpc) is 3.08. The summed E-state index contributed by atoms with van der Waals surface area (Å²) in [7, 11) is 0. The van der Waals surface area contributed by atoms with E-state index < -0.39 is 5.91 Å². The van der Waals surface area contributed by atoms with E-state index in [1.807, 2.05) is 19.1 Å². The second-order valence-electron chi connectivity index (χ2n) is 5.35. The number of hydrogen-bond acceptors (Lipinski definition) is 5. The van der Waals surface area contributed by atoms with Crippen LogP contribution in [0.2, 0.25) is 5.02 Å². The quantitative estimate of drug-likeness (QED) is 0.517. The van der Waals surface area contributed by atoms with Crippen molar-refractivity contribution in [1.82, 2.24) is 25.8 Å². The van der Waals surface area contributed by atoms with E-state index in [0.29, 0.717) is 22.6 Å². The number of amides is 2. The number of thioether (sulfide) groups is 1. The molecule has 0 radical (unpaired) electrons. The molecule has 2 amide bonds. The van der Waals surface area contributed by atoms with Crippen molar-refractivity contribution in [3.8, 4) is 0 Å². The van der Waals surface area contributed by atoms with Crippen molar-refractivity contribution < 1.29 is 9.59 Å². The Balaban J connectivity index is 1.53. The molecule has 9 heteroatoms. The predicted molar refractivity (Wildman–Crippen MR) is 101 cm³/mol. The zero-order valence-electron chi connectivity index (χ0n) is 13.9. The van der Waals surface area contributed by atoms with Crippen LogP contribution in [0.3, 0.4) is 0 Å². The zero-order valence-corrected chi connectivity index (χ0v) is 15.5. The third-order valence-corrected chi connectivity index (χ3v) is 4.84. The van der Waals surface area contributed by atoms with Crippen LogP contribution in [-0.2, 0) is 11.3 Å². The molecule has 26 heavy (non-hydrogen) atoms. The number of carbonyl (C=O) groups excluding carboxylic acids is 2. The maximum Gasteiger partial charge on any atom is 0.269 e. The molecule has 0 atom stereocenters. The SMILES string of the molecule is CCn1nnc2cc(C(=O)NNC(=O)CSc3ccc(Cl)cc3)ccc21. The topological polar surface area (TPSA) is 88.9 Å². The van der Waals surface area contributed by atoms with Crippen molar-refractivity contribution in [1.29, 1.82) is 0 Å². The minimum Gasteiger partial charge on any atom is -0.272 e. The van der Waals surface area contributed by atoms with Gasteiger partial charge in [0.1, 0.15) is 5.52 Å². The number of rotatable bonds is 5. The van der Waals surface area contributed by atoms with Crippen LogP contribution in [0.4, 0.5) is 0 Å². The minimum absolute atomic E-state index is 0.172. The predicted octanol–water partition coefficient (Wildman–Crippen LogP) is 2.66. The third kappa shape index (κ3) is 4.33. The number of benzene rings is 2. The summed E-state index contributed by atoms with van der Waals surface area (Å²) in [6.45, 7) is 2.66. The molecule has 7 nitrogen and oxygen atoms in total. The van der Waals surface area contributed by atoms with Gasteiger partial charge in [-0.1, -0.05) is 16.8 Å². The Labute approximate surface area is 159 Å². The second kappa shape index (κ2) is 8.20. The second-order valence-corrected chi connectivity index (χ2v) is 6.84. The van der Waals surface area contributed by atoms with Gasteiger partial charge in [-0.3, -0.25) is 20.4 Å². The van der Waals surface area contributed by atoms with E-state index in [0.717, 1.165) is 10.4 Å². The first-order chi connectivity index (χ1) is 12.6. The molecule has 0 unspecified atom stereocenters. The maximum atomic E-state index is 12.2. The van der Waals surface area contributed by atoms with Gasteiger partial charge >= 0.3 is 0 Å². The van der Waals surface area contributed by atoms with Gasteiger partial charge in [0.2, 0.25) is 5.91 Å². The highest BCUT2D eigenvalue weighted by molar-refractivity contribution is 8.00. The van der Waals surface area contributed by atoms with Crippen molar-refractivity contribution in [2.45, 2.75) is 18.4 Å². The van der Waals surface area contributed by atoms with Gasteiger partial charge in [-0.05, 0) is 49.4 Å². The molecule has 0 bridgehead atoms. The first-order valence-corrected chi connectivity index (χ1v) is 9.24. The first-order valence-electron chi connectivity index (χ1n) is 7.87. The summed E-state index contributed by atoms with van der Waals surface area (Å²) in [6.07, 6.45) is 0. The number of nitrogens with zero attached hydrogens (tertiary/aromatic N) is 3. The van der Waals surface area contributed by atoms with Crippen LogP contribution in [0.1, 0.15) is 17.3 Å². The number of nitrogens with one attached hydrogen (secondary N) is 2. The molecule has 0 saturated heterocycles. The van der Waals surface area contributed by atoms with Crippen LogP contribution in [-0.4, -0.2) is 32.6 Å². The van der Waals surface area contributed by atoms with E-state index in [1.165, 1.54) is 11.8 Å². The standard InChI is InChI=1S/C17H16ClN5O2S/c1-2-23-15-8-3-11(9-14(15)19-22-23)17(25)21-20-16(24)10-26-13-6-4-12(18)5-7-13/h3-9H,2,10H2,1H3,(H,20,24)(H,21,25). The molecular formula is C17H16ClN5O2S. The molecular weight excluding hydrogens is 374 g/mol. The molecule has 1 aromatic heterocycles. The van der Waals surface area contributed by atoms with Crippen molar-refractivity contribution in [2.24, 2.45) is 0 Å². The van der Waals surface area contributed by atoms with Crippen LogP contribution in [0.15, 0.2) is 47.4 Å². The van der Waals surface area contributed by atoms with Crippen molar-refractivity contribution in [3.05, 3.63) is 53.1 Å².